The summed E-state index contributed by atoms with van der Waals surface area (Å²) in [6, 6.07) is 7.59. The van der Waals surface area contributed by atoms with Gasteiger partial charge in [-0.2, -0.15) is 4.31 Å². The number of benzene rings is 1. The fourth-order valence-corrected chi connectivity index (χ4v) is 4.72. The van der Waals surface area contributed by atoms with Crippen molar-refractivity contribution in [3.63, 3.8) is 0 Å². The molecule has 0 aromatic heterocycles. The Morgan fingerprint density at radius 3 is 2.45 bits per heavy atom. The van der Waals surface area contributed by atoms with Crippen molar-refractivity contribution < 1.29 is 8.42 Å². The number of hydrogen-bond acceptors (Lipinski definition) is 2. The van der Waals surface area contributed by atoms with E-state index in [1.165, 1.54) is 5.56 Å². The van der Waals surface area contributed by atoms with Crippen molar-refractivity contribution in [2.75, 3.05) is 6.54 Å². The first kappa shape index (κ1) is 15.5. The van der Waals surface area contributed by atoms with Crippen molar-refractivity contribution in [3.8, 4) is 0 Å². The maximum Gasteiger partial charge on any atom is 0.243 e. The summed E-state index contributed by atoms with van der Waals surface area (Å²) in [6.45, 7) is 4.87. The molecule has 0 radical (unpaired) electrons. The van der Waals surface area contributed by atoms with Gasteiger partial charge in [0.15, 0.2) is 0 Å². The zero-order valence-electron chi connectivity index (χ0n) is 12.5. The molecule has 1 aromatic carbocycles. The largest absolute Gasteiger partial charge is 0.243 e. The molecule has 1 fully saturated rings. The van der Waals surface area contributed by atoms with Crippen molar-refractivity contribution in [3.05, 3.63) is 29.8 Å². The average Bonchev–Trinajstić information content (AvgIpc) is 2.48. The standard InChI is InChI=1S/C16H25NO2S/c1-3-7-14-9-11-16(12-10-14)20(18,19)17-13-6-5-8-15(17)4-2/h9-12,15H,3-8,13H2,1-2H3. The SMILES string of the molecule is CCCc1ccc(S(=O)(=O)N2CCCCC2CC)cc1. The van der Waals surface area contributed by atoms with Crippen LogP contribution in [0.2, 0.25) is 0 Å². The molecule has 0 saturated carbocycles. The summed E-state index contributed by atoms with van der Waals surface area (Å²) in [5.41, 5.74) is 1.21. The lowest BCUT2D eigenvalue weighted by Crippen LogP contribution is -2.43. The van der Waals surface area contributed by atoms with E-state index in [4.69, 9.17) is 0 Å². The summed E-state index contributed by atoms with van der Waals surface area (Å²) in [7, 11) is -3.32. The van der Waals surface area contributed by atoms with Gasteiger partial charge in [0.05, 0.1) is 4.90 Å². The maximum absolute atomic E-state index is 12.8. The first-order chi connectivity index (χ1) is 9.59. The second-order valence-corrected chi connectivity index (χ2v) is 7.46. The average molecular weight is 295 g/mol. The molecule has 2 rings (SSSR count). The molecular weight excluding hydrogens is 270 g/mol. The minimum atomic E-state index is -3.32. The van der Waals surface area contributed by atoms with Crippen molar-refractivity contribution in [1.29, 1.82) is 0 Å². The minimum absolute atomic E-state index is 0.170. The number of piperidine rings is 1. The number of rotatable bonds is 5. The predicted octanol–water partition coefficient (Wildman–Crippen LogP) is 3.59. The molecule has 112 valence electrons. The van der Waals surface area contributed by atoms with E-state index in [0.29, 0.717) is 11.4 Å². The van der Waals surface area contributed by atoms with E-state index in [2.05, 4.69) is 13.8 Å². The van der Waals surface area contributed by atoms with Gasteiger partial charge in [-0.05, 0) is 43.4 Å². The quantitative estimate of drug-likeness (QED) is 0.832. The number of nitrogens with zero attached hydrogens (tertiary/aromatic N) is 1. The summed E-state index contributed by atoms with van der Waals surface area (Å²) in [5, 5.41) is 0. The third kappa shape index (κ3) is 3.23. The second kappa shape index (κ2) is 6.72. The lowest BCUT2D eigenvalue weighted by Gasteiger charge is -2.34. The third-order valence-corrected chi connectivity index (χ3v) is 6.08. The Morgan fingerprint density at radius 2 is 1.85 bits per heavy atom. The highest BCUT2D eigenvalue weighted by Crippen LogP contribution is 2.27. The van der Waals surface area contributed by atoms with Crippen LogP contribution in [-0.4, -0.2) is 25.3 Å². The Morgan fingerprint density at radius 1 is 1.15 bits per heavy atom. The second-order valence-electron chi connectivity index (χ2n) is 5.57. The molecule has 1 aliphatic heterocycles. The van der Waals surface area contributed by atoms with Crippen LogP contribution < -0.4 is 0 Å². The molecule has 1 heterocycles. The summed E-state index contributed by atoms with van der Waals surface area (Å²) in [4.78, 5) is 0.442. The van der Waals surface area contributed by atoms with E-state index in [0.717, 1.165) is 38.5 Å². The van der Waals surface area contributed by atoms with Gasteiger partial charge in [0, 0.05) is 12.6 Å². The van der Waals surface area contributed by atoms with Crippen LogP contribution in [0.1, 0.15) is 51.5 Å². The van der Waals surface area contributed by atoms with E-state index in [-0.39, 0.29) is 6.04 Å². The maximum atomic E-state index is 12.8. The lowest BCUT2D eigenvalue weighted by atomic mass is 10.0. The molecule has 0 bridgehead atoms. The van der Waals surface area contributed by atoms with Gasteiger partial charge in [0.1, 0.15) is 0 Å². The van der Waals surface area contributed by atoms with Gasteiger partial charge in [0.2, 0.25) is 10.0 Å². The molecule has 1 atom stereocenters. The molecule has 0 aliphatic carbocycles. The van der Waals surface area contributed by atoms with Crippen molar-refractivity contribution in [1.82, 2.24) is 4.31 Å². The smallest absolute Gasteiger partial charge is 0.207 e. The number of hydrogen-bond donors (Lipinski definition) is 0. The van der Waals surface area contributed by atoms with E-state index in [1.807, 2.05) is 12.1 Å². The fourth-order valence-electron chi connectivity index (χ4n) is 2.95. The molecule has 1 aliphatic rings. The van der Waals surface area contributed by atoms with Gasteiger partial charge in [0.25, 0.3) is 0 Å². The lowest BCUT2D eigenvalue weighted by molar-refractivity contribution is 0.246. The molecule has 0 N–H and O–H groups in total. The van der Waals surface area contributed by atoms with Crippen LogP contribution >= 0.6 is 0 Å². The number of aryl methyl sites for hydroxylation is 1. The van der Waals surface area contributed by atoms with Crippen LogP contribution in [0.15, 0.2) is 29.2 Å². The third-order valence-electron chi connectivity index (χ3n) is 4.11. The van der Waals surface area contributed by atoms with Gasteiger partial charge in [-0.1, -0.05) is 38.8 Å². The van der Waals surface area contributed by atoms with Gasteiger partial charge in [-0.3, -0.25) is 0 Å². The summed E-state index contributed by atoms with van der Waals surface area (Å²) in [6.07, 6.45) is 6.08. The molecule has 1 saturated heterocycles. The van der Waals surface area contributed by atoms with Crippen molar-refractivity contribution in [2.24, 2.45) is 0 Å². The van der Waals surface area contributed by atoms with Gasteiger partial charge in [-0.25, -0.2) is 8.42 Å². The molecule has 1 aromatic rings. The Bertz CT molecular complexity index is 522. The molecule has 3 nitrogen and oxygen atoms in total. The first-order valence-corrected chi connectivity index (χ1v) is 9.14. The molecule has 20 heavy (non-hydrogen) atoms. The van der Waals surface area contributed by atoms with E-state index in [1.54, 1.807) is 16.4 Å². The van der Waals surface area contributed by atoms with Crippen molar-refractivity contribution >= 4 is 10.0 Å². The summed E-state index contributed by atoms with van der Waals surface area (Å²) >= 11 is 0. The van der Waals surface area contributed by atoms with Crippen molar-refractivity contribution in [2.45, 2.75) is 63.3 Å². The van der Waals surface area contributed by atoms with E-state index < -0.39 is 10.0 Å². The molecule has 1 unspecified atom stereocenters. The highest BCUT2D eigenvalue weighted by molar-refractivity contribution is 7.89. The highest BCUT2D eigenvalue weighted by Gasteiger charge is 2.32. The van der Waals surface area contributed by atoms with E-state index >= 15 is 0 Å². The molecule has 4 heteroatoms. The number of sulfonamides is 1. The van der Waals surface area contributed by atoms with Gasteiger partial charge in [-0.15, -0.1) is 0 Å². The normalized spacial score (nSPS) is 21.0. The summed E-state index contributed by atoms with van der Waals surface area (Å²) in [5.74, 6) is 0. The Labute approximate surface area is 123 Å². The first-order valence-electron chi connectivity index (χ1n) is 7.70. The highest BCUT2D eigenvalue weighted by atomic mass is 32.2. The Balaban J connectivity index is 2.24. The molecule has 0 spiro atoms. The van der Waals surface area contributed by atoms with Crippen LogP contribution in [0, 0.1) is 0 Å². The van der Waals surface area contributed by atoms with Crippen LogP contribution in [0.4, 0.5) is 0 Å². The van der Waals surface area contributed by atoms with Crippen LogP contribution in [0.25, 0.3) is 0 Å². The van der Waals surface area contributed by atoms with E-state index in [9.17, 15) is 8.42 Å². The van der Waals surface area contributed by atoms with Gasteiger partial charge < -0.3 is 0 Å². The van der Waals surface area contributed by atoms with Crippen LogP contribution in [-0.2, 0) is 16.4 Å². The van der Waals surface area contributed by atoms with Crippen LogP contribution in [0.5, 0.6) is 0 Å². The zero-order chi connectivity index (χ0) is 14.6. The predicted molar refractivity (Wildman–Crippen MR) is 82.3 cm³/mol. The monoisotopic (exact) mass is 295 g/mol. The minimum Gasteiger partial charge on any atom is -0.207 e. The topological polar surface area (TPSA) is 37.4 Å². The van der Waals surface area contributed by atoms with Crippen LogP contribution in [0.3, 0.4) is 0 Å². The summed E-state index contributed by atoms with van der Waals surface area (Å²) < 4.78 is 27.2. The van der Waals surface area contributed by atoms with Gasteiger partial charge >= 0.3 is 0 Å². The fraction of sp³-hybridized carbons (Fsp3) is 0.625. The Kier molecular flexibility index (Phi) is 5.22. The molecule has 0 amide bonds. The Hall–Kier alpha value is -0.870. The zero-order valence-corrected chi connectivity index (χ0v) is 13.3. The molecular formula is C16H25NO2S.